The number of hydrogen-bond donors (Lipinski definition) is 2. The molecule has 0 spiro atoms. The van der Waals surface area contributed by atoms with Crippen LogP contribution in [0, 0.1) is 19.8 Å². The topological polar surface area (TPSA) is 52.6 Å². The molecule has 3 rings (SSSR count). The lowest BCUT2D eigenvalue weighted by Gasteiger charge is -2.37. The Hall–Kier alpha value is -2.04. The van der Waals surface area contributed by atoms with Gasteiger partial charge in [-0.2, -0.15) is 0 Å². The number of carbonyl (C=O) groups is 1. The Labute approximate surface area is 159 Å². The van der Waals surface area contributed by atoms with Gasteiger partial charge in [0.2, 0.25) is 0 Å². The molecule has 0 amide bonds. The van der Waals surface area contributed by atoms with Crippen molar-refractivity contribution < 1.29 is 9.90 Å². The number of nitrogens with one attached hydrogen (secondary N) is 1. The molecule has 2 N–H and O–H groups in total. The molecule has 1 fully saturated rings. The van der Waals surface area contributed by atoms with Gasteiger partial charge in [-0.1, -0.05) is 29.8 Å². The van der Waals surface area contributed by atoms with Gasteiger partial charge in [-0.3, -0.25) is 9.69 Å². The molecule has 26 heavy (non-hydrogen) atoms. The first kappa shape index (κ1) is 18.7. The fourth-order valence-electron chi connectivity index (χ4n) is 3.29. The Morgan fingerprint density at radius 2 is 1.96 bits per heavy atom. The third kappa shape index (κ3) is 4.19. The van der Waals surface area contributed by atoms with E-state index in [2.05, 4.69) is 48.3 Å². The van der Waals surface area contributed by atoms with Crippen LogP contribution < -0.4 is 5.32 Å². The van der Waals surface area contributed by atoms with Gasteiger partial charge in [-0.15, -0.1) is 0 Å². The normalized spacial score (nSPS) is 16.2. The Kier molecular flexibility index (Phi) is 5.54. The third-order valence-corrected chi connectivity index (χ3v) is 5.54. The van der Waals surface area contributed by atoms with Crippen LogP contribution in [-0.2, 0) is 11.3 Å². The molecule has 1 aliphatic heterocycles. The Morgan fingerprint density at radius 1 is 1.23 bits per heavy atom. The van der Waals surface area contributed by atoms with Crippen molar-refractivity contribution in [3.63, 3.8) is 0 Å². The molecule has 0 radical (unpaired) electrons. The molecule has 2 aromatic rings. The van der Waals surface area contributed by atoms with E-state index in [4.69, 9.17) is 16.7 Å². The van der Waals surface area contributed by atoms with E-state index < -0.39 is 5.97 Å². The van der Waals surface area contributed by atoms with Gasteiger partial charge in [0, 0.05) is 36.4 Å². The third-order valence-electron chi connectivity index (χ3n) is 5.11. The number of carboxylic acids is 1. The van der Waals surface area contributed by atoms with Gasteiger partial charge in [0.15, 0.2) is 0 Å². The lowest BCUT2D eigenvalue weighted by Crippen LogP contribution is -2.49. The van der Waals surface area contributed by atoms with E-state index in [1.165, 1.54) is 16.7 Å². The first-order valence-corrected chi connectivity index (χ1v) is 9.28. The van der Waals surface area contributed by atoms with E-state index in [1.54, 1.807) is 0 Å². The molecular weight excluding hydrogens is 348 g/mol. The minimum Gasteiger partial charge on any atom is -0.481 e. The van der Waals surface area contributed by atoms with Crippen LogP contribution in [-0.4, -0.2) is 29.1 Å². The van der Waals surface area contributed by atoms with Gasteiger partial charge in [-0.25, -0.2) is 0 Å². The molecule has 1 saturated heterocycles. The van der Waals surface area contributed by atoms with Crippen molar-refractivity contribution in [2.45, 2.75) is 33.4 Å². The van der Waals surface area contributed by atoms with Gasteiger partial charge in [0.25, 0.3) is 0 Å². The molecule has 1 atom stereocenters. The van der Waals surface area contributed by atoms with Crippen LogP contribution in [0.3, 0.4) is 0 Å². The maximum Gasteiger partial charge on any atom is 0.309 e. The summed E-state index contributed by atoms with van der Waals surface area (Å²) in [6.45, 7) is 8.32. The molecule has 138 valence electrons. The van der Waals surface area contributed by atoms with E-state index in [1.807, 2.05) is 19.1 Å². The van der Waals surface area contributed by atoms with Crippen molar-refractivity contribution in [2.75, 3.05) is 18.4 Å². The van der Waals surface area contributed by atoms with Crippen molar-refractivity contribution in [1.29, 1.82) is 0 Å². The van der Waals surface area contributed by atoms with Crippen molar-refractivity contribution >= 4 is 23.3 Å². The van der Waals surface area contributed by atoms with E-state index in [-0.39, 0.29) is 12.0 Å². The van der Waals surface area contributed by atoms with Crippen LogP contribution in [0.1, 0.15) is 35.2 Å². The second kappa shape index (κ2) is 7.68. The average Bonchev–Trinajstić information content (AvgIpc) is 2.55. The summed E-state index contributed by atoms with van der Waals surface area (Å²) in [5.74, 6) is -0.907. The highest BCUT2D eigenvalue weighted by atomic mass is 35.5. The van der Waals surface area contributed by atoms with Crippen LogP contribution in [0.25, 0.3) is 0 Å². The van der Waals surface area contributed by atoms with E-state index in [0.717, 1.165) is 22.8 Å². The summed E-state index contributed by atoms with van der Waals surface area (Å²) >= 11 is 6.10. The highest BCUT2D eigenvalue weighted by molar-refractivity contribution is 6.31. The number of benzene rings is 2. The van der Waals surface area contributed by atoms with Crippen LogP contribution in [0.4, 0.5) is 5.69 Å². The molecule has 0 bridgehead atoms. The Bertz CT molecular complexity index is 816. The standard InChI is InChI=1S/C21H25ClN2O2/c1-13-4-5-16(9-17(13)10-24-11-18(12-24)21(25)26)15(3)23-19-6-7-20(22)14(2)8-19/h4-9,15,18,23H,10-12H2,1-3H3,(H,25,26). The second-order valence-corrected chi connectivity index (χ2v) is 7.65. The van der Waals surface area contributed by atoms with Crippen LogP contribution in [0.15, 0.2) is 36.4 Å². The molecule has 1 unspecified atom stereocenters. The van der Waals surface area contributed by atoms with E-state index in [9.17, 15) is 4.79 Å². The lowest BCUT2D eigenvalue weighted by molar-refractivity contribution is -0.147. The summed E-state index contributed by atoms with van der Waals surface area (Å²) in [4.78, 5) is 13.2. The van der Waals surface area contributed by atoms with Crippen molar-refractivity contribution in [2.24, 2.45) is 5.92 Å². The summed E-state index contributed by atoms with van der Waals surface area (Å²) in [5.41, 5.74) is 5.82. The fraction of sp³-hybridized carbons (Fsp3) is 0.381. The minimum absolute atomic E-state index is 0.165. The molecule has 0 saturated carbocycles. The highest BCUT2D eigenvalue weighted by Crippen LogP contribution is 2.26. The molecule has 1 aliphatic rings. The van der Waals surface area contributed by atoms with Crippen molar-refractivity contribution in [3.05, 3.63) is 63.7 Å². The summed E-state index contributed by atoms with van der Waals surface area (Å²) in [5, 5.41) is 13.3. The van der Waals surface area contributed by atoms with Crippen LogP contribution >= 0.6 is 11.6 Å². The number of anilines is 1. The molecule has 4 nitrogen and oxygen atoms in total. The number of aryl methyl sites for hydroxylation is 2. The largest absolute Gasteiger partial charge is 0.481 e. The van der Waals surface area contributed by atoms with Crippen LogP contribution in [0.2, 0.25) is 5.02 Å². The molecule has 0 aromatic heterocycles. The zero-order chi connectivity index (χ0) is 18.8. The smallest absolute Gasteiger partial charge is 0.309 e. The number of halogens is 1. The first-order chi connectivity index (χ1) is 12.3. The summed E-state index contributed by atoms with van der Waals surface area (Å²) in [7, 11) is 0. The molecule has 5 heteroatoms. The summed E-state index contributed by atoms with van der Waals surface area (Å²) in [6.07, 6.45) is 0. The van der Waals surface area contributed by atoms with Gasteiger partial charge in [-0.05, 0) is 61.2 Å². The van der Waals surface area contributed by atoms with Crippen molar-refractivity contribution in [1.82, 2.24) is 4.90 Å². The second-order valence-electron chi connectivity index (χ2n) is 7.25. The average molecular weight is 373 g/mol. The molecule has 1 heterocycles. The SMILES string of the molecule is Cc1cc(NC(C)c2ccc(C)c(CN3CC(C(=O)O)C3)c2)ccc1Cl. The maximum atomic E-state index is 11.0. The number of rotatable bonds is 6. The van der Waals surface area contributed by atoms with Crippen LogP contribution in [0.5, 0.6) is 0 Å². The predicted molar refractivity (Wildman–Crippen MR) is 106 cm³/mol. The Balaban J connectivity index is 1.68. The summed E-state index contributed by atoms with van der Waals surface area (Å²) in [6, 6.07) is 12.6. The zero-order valence-corrected chi connectivity index (χ0v) is 16.2. The van der Waals surface area contributed by atoms with E-state index >= 15 is 0 Å². The molecule has 2 aromatic carbocycles. The van der Waals surface area contributed by atoms with E-state index in [0.29, 0.717) is 13.1 Å². The lowest BCUT2D eigenvalue weighted by atomic mass is 9.96. The van der Waals surface area contributed by atoms with Gasteiger partial charge < -0.3 is 10.4 Å². The summed E-state index contributed by atoms with van der Waals surface area (Å²) < 4.78 is 0. The quantitative estimate of drug-likeness (QED) is 0.775. The Morgan fingerprint density at radius 3 is 2.62 bits per heavy atom. The maximum absolute atomic E-state index is 11.0. The number of carboxylic acid groups (broad SMARTS) is 1. The minimum atomic E-state index is -0.692. The monoisotopic (exact) mass is 372 g/mol. The first-order valence-electron chi connectivity index (χ1n) is 8.90. The number of likely N-dealkylation sites (tertiary alicyclic amines) is 1. The highest BCUT2D eigenvalue weighted by Gasteiger charge is 2.32. The van der Waals surface area contributed by atoms with Gasteiger partial charge >= 0.3 is 5.97 Å². The number of nitrogens with zero attached hydrogens (tertiary/aromatic N) is 1. The fourth-order valence-corrected chi connectivity index (χ4v) is 3.41. The number of aliphatic carboxylic acids is 1. The van der Waals surface area contributed by atoms with Crippen molar-refractivity contribution in [3.8, 4) is 0 Å². The molecule has 0 aliphatic carbocycles. The van der Waals surface area contributed by atoms with Gasteiger partial charge in [0.05, 0.1) is 5.92 Å². The van der Waals surface area contributed by atoms with Gasteiger partial charge in [0.1, 0.15) is 0 Å². The zero-order valence-electron chi connectivity index (χ0n) is 15.4. The number of hydrogen-bond acceptors (Lipinski definition) is 3. The predicted octanol–water partition coefficient (Wildman–Crippen LogP) is 4.65. The molecular formula is C21H25ClN2O2.